The molecule has 0 aliphatic heterocycles. The zero-order valence-electron chi connectivity index (χ0n) is 13.0. The number of amides is 1. The molecule has 1 atom stereocenters. The molecule has 0 saturated carbocycles. The first kappa shape index (κ1) is 15.9. The predicted octanol–water partition coefficient (Wildman–Crippen LogP) is 2.66. The van der Waals surface area contributed by atoms with Gasteiger partial charge < -0.3 is 10.6 Å². The van der Waals surface area contributed by atoms with Crippen LogP contribution in [0.1, 0.15) is 36.3 Å². The third-order valence-corrected chi connectivity index (χ3v) is 3.44. The van der Waals surface area contributed by atoms with Crippen molar-refractivity contribution >= 4 is 11.7 Å². The van der Waals surface area contributed by atoms with Gasteiger partial charge in [-0.25, -0.2) is 9.97 Å². The summed E-state index contributed by atoms with van der Waals surface area (Å²) in [7, 11) is 0. The largest absolute Gasteiger partial charge is 0.368 e. The number of hydrogen-bond acceptors (Lipinski definition) is 4. The third kappa shape index (κ3) is 4.84. The number of nitrogens with one attached hydrogen (secondary N) is 2. The number of anilines is 1. The van der Waals surface area contributed by atoms with Gasteiger partial charge >= 0.3 is 0 Å². The first-order chi connectivity index (χ1) is 10.7. The molecular formula is C17H22N4O. The Balaban J connectivity index is 1.83. The molecule has 2 N–H and O–H groups in total. The molecule has 0 aliphatic carbocycles. The highest BCUT2D eigenvalue weighted by molar-refractivity contribution is 5.92. The van der Waals surface area contributed by atoms with E-state index >= 15 is 0 Å². The highest BCUT2D eigenvalue weighted by Gasteiger charge is 2.10. The minimum Gasteiger partial charge on any atom is -0.368 e. The van der Waals surface area contributed by atoms with Gasteiger partial charge in [0.1, 0.15) is 11.5 Å². The fourth-order valence-corrected chi connectivity index (χ4v) is 1.92. The zero-order chi connectivity index (χ0) is 15.8. The predicted molar refractivity (Wildman–Crippen MR) is 87.9 cm³/mol. The zero-order valence-corrected chi connectivity index (χ0v) is 13.0. The molecule has 0 aliphatic rings. The molecule has 0 fully saturated rings. The molecule has 5 heteroatoms. The van der Waals surface area contributed by atoms with Crippen LogP contribution in [0.5, 0.6) is 0 Å². The smallest absolute Gasteiger partial charge is 0.271 e. The highest BCUT2D eigenvalue weighted by atomic mass is 16.1. The van der Waals surface area contributed by atoms with Crippen molar-refractivity contribution in [3.63, 3.8) is 0 Å². The number of nitrogens with zero attached hydrogens (tertiary/aromatic N) is 2. The average molecular weight is 298 g/mol. The second-order valence-corrected chi connectivity index (χ2v) is 5.23. The lowest BCUT2D eigenvalue weighted by Gasteiger charge is -2.11. The molecule has 5 nitrogen and oxygen atoms in total. The molecule has 0 spiro atoms. The van der Waals surface area contributed by atoms with Crippen LogP contribution in [-0.2, 0) is 6.42 Å². The van der Waals surface area contributed by atoms with Gasteiger partial charge in [-0.15, -0.1) is 0 Å². The van der Waals surface area contributed by atoms with E-state index in [1.165, 1.54) is 11.8 Å². The van der Waals surface area contributed by atoms with Gasteiger partial charge in [0.25, 0.3) is 5.91 Å². The fourth-order valence-electron chi connectivity index (χ4n) is 1.92. The van der Waals surface area contributed by atoms with Crippen LogP contribution in [0.25, 0.3) is 0 Å². The van der Waals surface area contributed by atoms with E-state index < -0.39 is 0 Å². The van der Waals surface area contributed by atoms with Gasteiger partial charge in [0.05, 0.1) is 12.4 Å². The summed E-state index contributed by atoms with van der Waals surface area (Å²) >= 11 is 0. The van der Waals surface area contributed by atoms with E-state index in [9.17, 15) is 4.79 Å². The van der Waals surface area contributed by atoms with Crippen LogP contribution in [0.15, 0.2) is 42.7 Å². The molecule has 0 bridgehead atoms. The fraction of sp³-hybridized carbons (Fsp3) is 0.353. The summed E-state index contributed by atoms with van der Waals surface area (Å²) in [6.07, 6.45) is 4.90. The molecule has 2 aromatic rings. The quantitative estimate of drug-likeness (QED) is 0.824. The molecule has 1 amide bonds. The second-order valence-electron chi connectivity index (χ2n) is 5.23. The molecule has 1 heterocycles. The van der Waals surface area contributed by atoms with E-state index in [2.05, 4.69) is 32.7 Å². The van der Waals surface area contributed by atoms with Crippen LogP contribution in [-0.4, -0.2) is 28.5 Å². The highest BCUT2D eigenvalue weighted by Crippen LogP contribution is 2.04. The van der Waals surface area contributed by atoms with E-state index in [1.807, 2.05) is 32.0 Å². The lowest BCUT2D eigenvalue weighted by Crippen LogP contribution is -2.32. The van der Waals surface area contributed by atoms with Crippen LogP contribution in [0.4, 0.5) is 5.82 Å². The lowest BCUT2D eigenvalue weighted by atomic mass is 10.1. The number of carbonyl (C=O) groups excluding carboxylic acids is 1. The topological polar surface area (TPSA) is 66.9 Å². The summed E-state index contributed by atoms with van der Waals surface area (Å²) in [4.78, 5) is 20.3. The minimum atomic E-state index is -0.183. The molecular weight excluding hydrogens is 276 g/mol. The van der Waals surface area contributed by atoms with Crippen LogP contribution in [0.3, 0.4) is 0 Å². The Morgan fingerprint density at radius 3 is 2.59 bits per heavy atom. The second kappa shape index (κ2) is 8.12. The normalized spacial score (nSPS) is 11.7. The van der Waals surface area contributed by atoms with Crippen LogP contribution >= 0.6 is 0 Å². The molecule has 1 aromatic heterocycles. The number of aromatic nitrogens is 2. The van der Waals surface area contributed by atoms with Crippen molar-refractivity contribution in [1.82, 2.24) is 15.3 Å². The standard InChI is InChI=1S/C17H22N4O/c1-3-13(2)21-17(22)15-11-20-16(12-19-15)18-10-9-14-7-5-4-6-8-14/h4-8,11-13H,3,9-10H2,1-2H3,(H,18,20)(H,21,22). The lowest BCUT2D eigenvalue weighted by molar-refractivity contribution is 0.0934. The maximum atomic E-state index is 11.9. The van der Waals surface area contributed by atoms with E-state index in [0.29, 0.717) is 11.5 Å². The summed E-state index contributed by atoms with van der Waals surface area (Å²) in [6, 6.07) is 10.4. The Kier molecular flexibility index (Phi) is 5.89. The van der Waals surface area contributed by atoms with E-state index in [-0.39, 0.29) is 11.9 Å². The summed E-state index contributed by atoms with van der Waals surface area (Å²) < 4.78 is 0. The van der Waals surface area contributed by atoms with Crippen molar-refractivity contribution in [3.05, 3.63) is 54.0 Å². The Hall–Kier alpha value is -2.43. The number of carbonyl (C=O) groups is 1. The molecule has 0 radical (unpaired) electrons. The first-order valence-electron chi connectivity index (χ1n) is 7.59. The Labute approximate surface area is 131 Å². The van der Waals surface area contributed by atoms with Gasteiger partial charge in [-0.1, -0.05) is 37.3 Å². The molecule has 0 saturated heterocycles. The molecule has 22 heavy (non-hydrogen) atoms. The maximum Gasteiger partial charge on any atom is 0.271 e. The number of hydrogen-bond donors (Lipinski definition) is 2. The van der Waals surface area contributed by atoms with Crippen LogP contribution in [0, 0.1) is 0 Å². The van der Waals surface area contributed by atoms with Gasteiger partial charge in [0.15, 0.2) is 0 Å². The van der Waals surface area contributed by atoms with Crippen LogP contribution in [0.2, 0.25) is 0 Å². The van der Waals surface area contributed by atoms with Gasteiger partial charge in [-0.2, -0.15) is 0 Å². The Morgan fingerprint density at radius 1 is 1.18 bits per heavy atom. The van der Waals surface area contributed by atoms with Crippen molar-refractivity contribution < 1.29 is 4.79 Å². The maximum absolute atomic E-state index is 11.9. The van der Waals surface area contributed by atoms with Gasteiger partial charge in [-0.3, -0.25) is 4.79 Å². The average Bonchev–Trinajstić information content (AvgIpc) is 2.56. The van der Waals surface area contributed by atoms with Crippen molar-refractivity contribution in [2.45, 2.75) is 32.7 Å². The van der Waals surface area contributed by atoms with Gasteiger partial charge in [-0.05, 0) is 25.3 Å². The van der Waals surface area contributed by atoms with E-state index in [4.69, 9.17) is 0 Å². The van der Waals surface area contributed by atoms with Crippen molar-refractivity contribution in [3.8, 4) is 0 Å². The Bertz CT molecular complexity index is 583. The molecule has 2 rings (SSSR count). The summed E-state index contributed by atoms with van der Waals surface area (Å²) in [5.41, 5.74) is 1.61. The summed E-state index contributed by atoms with van der Waals surface area (Å²) in [6.45, 7) is 4.76. The van der Waals surface area contributed by atoms with E-state index in [0.717, 1.165) is 19.4 Å². The first-order valence-corrected chi connectivity index (χ1v) is 7.59. The molecule has 1 unspecified atom stereocenters. The van der Waals surface area contributed by atoms with Crippen LogP contribution < -0.4 is 10.6 Å². The number of rotatable bonds is 7. The SMILES string of the molecule is CCC(C)NC(=O)c1cnc(NCCc2ccccc2)cn1. The monoisotopic (exact) mass is 298 g/mol. The number of benzene rings is 1. The summed E-state index contributed by atoms with van der Waals surface area (Å²) in [5.74, 6) is 0.494. The van der Waals surface area contributed by atoms with Crippen molar-refractivity contribution in [2.75, 3.05) is 11.9 Å². The summed E-state index contributed by atoms with van der Waals surface area (Å²) in [5, 5.41) is 6.07. The third-order valence-electron chi connectivity index (χ3n) is 3.44. The molecule has 1 aromatic carbocycles. The molecule has 116 valence electrons. The minimum absolute atomic E-state index is 0.137. The van der Waals surface area contributed by atoms with E-state index in [1.54, 1.807) is 6.20 Å². The van der Waals surface area contributed by atoms with Gasteiger partial charge in [0, 0.05) is 12.6 Å². The van der Waals surface area contributed by atoms with Crippen molar-refractivity contribution in [1.29, 1.82) is 0 Å². The Morgan fingerprint density at radius 2 is 1.95 bits per heavy atom. The van der Waals surface area contributed by atoms with Crippen molar-refractivity contribution in [2.24, 2.45) is 0 Å². The van der Waals surface area contributed by atoms with Gasteiger partial charge in [0.2, 0.25) is 0 Å².